The highest BCUT2D eigenvalue weighted by Crippen LogP contribution is 2.34. The molecular formula is C26H32N4O4. The summed E-state index contributed by atoms with van der Waals surface area (Å²) < 4.78 is 5.69. The van der Waals surface area contributed by atoms with Crippen molar-refractivity contribution in [3.05, 3.63) is 52.7 Å². The molecule has 0 bridgehead atoms. The third kappa shape index (κ3) is 4.81. The van der Waals surface area contributed by atoms with Crippen molar-refractivity contribution < 1.29 is 19.4 Å². The third-order valence-electron chi connectivity index (χ3n) is 7.01. The van der Waals surface area contributed by atoms with Gasteiger partial charge in [0, 0.05) is 38.3 Å². The van der Waals surface area contributed by atoms with Gasteiger partial charge in [0.1, 0.15) is 11.6 Å². The number of nitrogens with one attached hydrogen (secondary N) is 1. The number of ether oxygens (including phenoxy) is 1. The Bertz CT molecular complexity index is 1070. The number of pyridine rings is 1. The number of carboxylic acids is 1. The van der Waals surface area contributed by atoms with Crippen LogP contribution in [-0.2, 0) is 24.1 Å². The molecule has 1 fully saturated rings. The Balaban J connectivity index is 1.24. The van der Waals surface area contributed by atoms with Crippen LogP contribution in [0.25, 0.3) is 0 Å². The molecule has 0 spiro atoms. The Morgan fingerprint density at radius 2 is 2.03 bits per heavy atom. The normalized spacial score (nSPS) is 18.1. The van der Waals surface area contributed by atoms with E-state index in [-0.39, 0.29) is 12.5 Å². The molecule has 0 saturated carbocycles. The molecule has 1 atom stereocenters. The maximum absolute atomic E-state index is 13.4. The number of amides is 2. The zero-order valence-electron chi connectivity index (χ0n) is 19.5. The molecule has 34 heavy (non-hydrogen) atoms. The largest absolute Gasteiger partial charge is 0.493 e. The molecule has 4 heterocycles. The molecule has 0 unspecified atom stereocenters. The van der Waals surface area contributed by atoms with E-state index >= 15 is 0 Å². The number of urea groups is 1. The molecule has 2 amide bonds. The number of aromatic nitrogens is 1. The summed E-state index contributed by atoms with van der Waals surface area (Å²) in [5.74, 6) is 0.892. The summed E-state index contributed by atoms with van der Waals surface area (Å²) in [7, 11) is 0. The van der Waals surface area contributed by atoms with Crippen molar-refractivity contribution in [3.8, 4) is 5.75 Å². The second-order valence-corrected chi connectivity index (χ2v) is 9.34. The monoisotopic (exact) mass is 464 g/mol. The van der Waals surface area contributed by atoms with Crippen LogP contribution in [0.3, 0.4) is 0 Å². The van der Waals surface area contributed by atoms with E-state index in [1.54, 1.807) is 4.90 Å². The van der Waals surface area contributed by atoms with Crippen molar-refractivity contribution in [2.75, 3.05) is 38.1 Å². The molecule has 3 aliphatic rings. The van der Waals surface area contributed by atoms with Gasteiger partial charge in [0.25, 0.3) is 0 Å². The van der Waals surface area contributed by atoms with Crippen LogP contribution in [0.15, 0.2) is 30.3 Å². The first kappa shape index (κ1) is 22.5. The van der Waals surface area contributed by atoms with Gasteiger partial charge in [0.2, 0.25) is 0 Å². The molecule has 0 radical (unpaired) electrons. The fourth-order valence-electron chi connectivity index (χ4n) is 5.22. The SMILES string of the molecule is O=C(O)C[C@H](c1ccc2c(c1)OCC2)N1CCCN(CCCc2ccc3c(n2)NCCC3)C1=O. The first-order chi connectivity index (χ1) is 16.6. The lowest BCUT2D eigenvalue weighted by atomic mass is 9.98. The summed E-state index contributed by atoms with van der Waals surface area (Å²) >= 11 is 0. The molecule has 2 N–H and O–H groups in total. The molecule has 8 heteroatoms. The maximum Gasteiger partial charge on any atom is 0.320 e. The minimum absolute atomic E-state index is 0.0843. The molecule has 2 aromatic rings. The van der Waals surface area contributed by atoms with E-state index in [1.807, 2.05) is 23.1 Å². The van der Waals surface area contributed by atoms with Gasteiger partial charge in [0.15, 0.2) is 0 Å². The standard InChI is InChI=1S/C26H32N4O4/c31-24(32)17-22(20-7-6-18-10-15-34-23(18)16-20)30-14-3-13-29(26(30)33)12-2-5-21-9-8-19-4-1-11-27-25(19)28-21/h6-9,16,22H,1-5,10-15,17H2,(H,27,28)(H,31,32)/t22-/m1/s1. The topological polar surface area (TPSA) is 95.0 Å². The first-order valence-electron chi connectivity index (χ1n) is 12.3. The minimum Gasteiger partial charge on any atom is -0.493 e. The van der Waals surface area contributed by atoms with Crippen LogP contribution in [0, 0.1) is 0 Å². The summed E-state index contributed by atoms with van der Waals surface area (Å²) in [5, 5.41) is 13.0. The second kappa shape index (κ2) is 9.91. The Labute approximate surface area is 199 Å². The van der Waals surface area contributed by atoms with Gasteiger partial charge in [-0.25, -0.2) is 9.78 Å². The minimum atomic E-state index is -0.913. The van der Waals surface area contributed by atoms with Gasteiger partial charge in [-0.05, 0) is 60.9 Å². The second-order valence-electron chi connectivity index (χ2n) is 9.34. The average Bonchev–Trinajstić information content (AvgIpc) is 3.32. The Hall–Kier alpha value is -3.29. The number of aliphatic carboxylic acids is 1. The van der Waals surface area contributed by atoms with E-state index in [1.165, 1.54) is 5.56 Å². The Morgan fingerprint density at radius 3 is 2.91 bits per heavy atom. The van der Waals surface area contributed by atoms with Gasteiger partial charge in [-0.1, -0.05) is 18.2 Å². The lowest BCUT2D eigenvalue weighted by Gasteiger charge is -2.40. The van der Waals surface area contributed by atoms with Crippen molar-refractivity contribution in [1.82, 2.24) is 14.8 Å². The fraction of sp³-hybridized carbons (Fsp3) is 0.500. The lowest BCUT2D eigenvalue weighted by molar-refractivity contribution is -0.138. The van der Waals surface area contributed by atoms with Crippen LogP contribution in [-0.4, -0.2) is 64.7 Å². The highest BCUT2D eigenvalue weighted by atomic mass is 16.5. The number of carbonyl (C=O) groups excluding carboxylic acids is 1. The molecule has 1 aromatic heterocycles. The van der Waals surface area contributed by atoms with Crippen molar-refractivity contribution >= 4 is 17.8 Å². The fourth-order valence-corrected chi connectivity index (χ4v) is 5.22. The van der Waals surface area contributed by atoms with Crippen LogP contribution in [0.4, 0.5) is 10.6 Å². The molecule has 0 aliphatic carbocycles. The molecule has 1 saturated heterocycles. The zero-order valence-corrected chi connectivity index (χ0v) is 19.5. The molecule has 3 aliphatic heterocycles. The number of carbonyl (C=O) groups is 2. The number of anilines is 1. The van der Waals surface area contributed by atoms with Crippen molar-refractivity contribution in [2.45, 2.75) is 51.0 Å². The number of hydrogen-bond acceptors (Lipinski definition) is 5. The average molecular weight is 465 g/mol. The number of aryl methyl sites for hydroxylation is 2. The number of fused-ring (bicyclic) bond motifs is 2. The predicted octanol–water partition coefficient (Wildman–Crippen LogP) is 3.65. The summed E-state index contributed by atoms with van der Waals surface area (Å²) in [4.78, 5) is 33.4. The number of benzene rings is 1. The summed E-state index contributed by atoms with van der Waals surface area (Å²) in [6, 6.07) is 9.53. The van der Waals surface area contributed by atoms with Crippen molar-refractivity contribution in [3.63, 3.8) is 0 Å². The quantitative estimate of drug-likeness (QED) is 0.619. The van der Waals surface area contributed by atoms with Crippen LogP contribution < -0.4 is 10.1 Å². The number of carboxylic acid groups (broad SMARTS) is 1. The van der Waals surface area contributed by atoms with E-state index < -0.39 is 12.0 Å². The summed E-state index contributed by atoms with van der Waals surface area (Å²) in [6.45, 7) is 3.50. The summed E-state index contributed by atoms with van der Waals surface area (Å²) in [5.41, 5.74) is 4.27. The van der Waals surface area contributed by atoms with E-state index in [0.717, 1.165) is 73.5 Å². The highest BCUT2D eigenvalue weighted by Gasteiger charge is 2.33. The molecule has 1 aromatic carbocycles. The smallest absolute Gasteiger partial charge is 0.320 e. The van der Waals surface area contributed by atoms with Crippen LogP contribution in [0.2, 0.25) is 0 Å². The lowest BCUT2D eigenvalue weighted by Crippen LogP contribution is -2.51. The van der Waals surface area contributed by atoms with Crippen LogP contribution >= 0.6 is 0 Å². The molecule has 8 nitrogen and oxygen atoms in total. The highest BCUT2D eigenvalue weighted by molar-refractivity contribution is 5.77. The molecular weight excluding hydrogens is 432 g/mol. The molecule has 180 valence electrons. The van der Waals surface area contributed by atoms with Gasteiger partial charge in [0.05, 0.1) is 19.1 Å². The number of nitrogens with zero attached hydrogens (tertiary/aromatic N) is 3. The zero-order chi connectivity index (χ0) is 23.5. The van der Waals surface area contributed by atoms with Crippen molar-refractivity contribution in [2.24, 2.45) is 0 Å². The van der Waals surface area contributed by atoms with Gasteiger partial charge in [-0.2, -0.15) is 0 Å². The maximum atomic E-state index is 13.4. The molecule has 5 rings (SSSR count). The third-order valence-corrected chi connectivity index (χ3v) is 7.01. The Morgan fingerprint density at radius 1 is 1.15 bits per heavy atom. The van der Waals surface area contributed by atoms with Gasteiger partial charge in [-0.15, -0.1) is 0 Å². The number of rotatable bonds is 8. The van der Waals surface area contributed by atoms with E-state index in [2.05, 4.69) is 17.4 Å². The van der Waals surface area contributed by atoms with Gasteiger partial charge in [-0.3, -0.25) is 4.79 Å². The van der Waals surface area contributed by atoms with Gasteiger partial charge >= 0.3 is 12.0 Å². The number of hydrogen-bond donors (Lipinski definition) is 2. The van der Waals surface area contributed by atoms with Crippen LogP contribution in [0.5, 0.6) is 5.75 Å². The van der Waals surface area contributed by atoms with E-state index in [0.29, 0.717) is 26.2 Å². The summed E-state index contributed by atoms with van der Waals surface area (Å²) in [6.07, 6.45) is 5.41. The first-order valence-corrected chi connectivity index (χ1v) is 12.3. The van der Waals surface area contributed by atoms with E-state index in [9.17, 15) is 14.7 Å². The predicted molar refractivity (Wildman–Crippen MR) is 128 cm³/mol. The van der Waals surface area contributed by atoms with Crippen LogP contribution in [0.1, 0.15) is 54.1 Å². The van der Waals surface area contributed by atoms with Crippen molar-refractivity contribution in [1.29, 1.82) is 0 Å². The van der Waals surface area contributed by atoms with Gasteiger partial charge < -0.3 is 25.0 Å². The Kier molecular flexibility index (Phi) is 6.56. The van der Waals surface area contributed by atoms with E-state index in [4.69, 9.17) is 9.72 Å².